The molecule has 18 nitrogen and oxygen atoms in total. The summed E-state index contributed by atoms with van der Waals surface area (Å²) in [6.45, 7) is 6.15. The van der Waals surface area contributed by atoms with Gasteiger partial charge in [-0.15, -0.1) is 0 Å². The van der Waals surface area contributed by atoms with E-state index in [0.717, 1.165) is 48.5 Å². The number of nitrogens with zero attached hydrogens (tertiary/aromatic N) is 1. The summed E-state index contributed by atoms with van der Waals surface area (Å²) in [5.74, 6) is -6.00. The lowest BCUT2D eigenvalue weighted by Crippen LogP contribution is -2.67. The van der Waals surface area contributed by atoms with E-state index in [0.29, 0.717) is 0 Å². The zero-order chi connectivity index (χ0) is 34.0. The first-order chi connectivity index (χ1) is 21.0. The Morgan fingerprint density at radius 1 is 0.511 bits per heavy atom. The smallest absolute Gasteiger partial charge is 0.303 e. The third kappa shape index (κ3) is 11.0. The number of hydrogen-bond donors (Lipinski definition) is 0. The average Bonchev–Trinajstić information content (AvgIpc) is 2.90. The molecule has 18 heteroatoms. The minimum atomic E-state index is -1.80. The molecule has 0 spiro atoms. The molecule has 2 fully saturated rings. The standard InChI is InChI=1S/C27H35NO17/c1-11(29)36-9-19-23(24(40-15(5)33)21(38-13(3)31)18(8-28)43-19)45-27-26(42-17(7)35)25(41-16(6)34)22(39-14(4)32)20(44-27)10-37-12(2)30/h18-27H,9-10H2,1-7H3/t18-,19+,20+,21-,22+,23+,24+,25-,26+,27-/m0/s1. The Kier molecular flexibility index (Phi) is 13.6. The van der Waals surface area contributed by atoms with E-state index in [-0.39, 0.29) is 0 Å². The van der Waals surface area contributed by atoms with Gasteiger partial charge in [0.15, 0.2) is 42.9 Å². The molecular weight excluding hydrogens is 610 g/mol. The molecule has 0 aliphatic carbocycles. The van der Waals surface area contributed by atoms with Crippen molar-refractivity contribution in [1.82, 2.24) is 0 Å². The summed E-state index contributed by atoms with van der Waals surface area (Å²) in [6.07, 6.45) is -15.8. The number of ether oxygens (including phenoxy) is 10. The van der Waals surface area contributed by atoms with Crippen LogP contribution >= 0.6 is 0 Å². The zero-order valence-electron chi connectivity index (χ0n) is 25.6. The molecule has 2 rings (SSSR count). The maximum atomic E-state index is 12.2. The van der Waals surface area contributed by atoms with Crippen LogP contribution in [-0.4, -0.2) is 116 Å². The van der Waals surface area contributed by atoms with E-state index in [4.69, 9.17) is 47.4 Å². The molecule has 0 bridgehead atoms. The molecule has 0 radical (unpaired) electrons. The Balaban J connectivity index is 2.70. The largest absolute Gasteiger partial charge is 0.463 e. The third-order valence-corrected chi connectivity index (χ3v) is 6.06. The van der Waals surface area contributed by atoms with Crippen LogP contribution in [0.15, 0.2) is 0 Å². The van der Waals surface area contributed by atoms with Crippen molar-refractivity contribution in [3.05, 3.63) is 0 Å². The predicted octanol–water partition coefficient (Wildman–Crippen LogP) is -0.828. The normalized spacial score (nSPS) is 30.8. The summed E-state index contributed by atoms with van der Waals surface area (Å²) in [6, 6.07) is 1.78. The molecule has 2 saturated heterocycles. The van der Waals surface area contributed by atoms with E-state index in [1.807, 2.05) is 0 Å². The molecule has 0 aromatic heterocycles. The molecule has 250 valence electrons. The van der Waals surface area contributed by atoms with Gasteiger partial charge in [-0.2, -0.15) is 5.26 Å². The summed E-state index contributed by atoms with van der Waals surface area (Å²) in [7, 11) is 0. The first-order valence-corrected chi connectivity index (χ1v) is 13.5. The van der Waals surface area contributed by atoms with Crippen LogP contribution in [0.3, 0.4) is 0 Å². The van der Waals surface area contributed by atoms with Crippen molar-refractivity contribution in [2.45, 2.75) is 110 Å². The number of carbonyl (C=O) groups excluding carboxylic acids is 7. The quantitative estimate of drug-likeness (QED) is 0.197. The number of nitriles is 1. The van der Waals surface area contributed by atoms with Gasteiger partial charge in [-0.1, -0.05) is 0 Å². The number of carbonyl (C=O) groups is 7. The van der Waals surface area contributed by atoms with Gasteiger partial charge in [0.05, 0.1) is 6.07 Å². The first kappa shape index (κ1) is 36.8. The Hall–Kier alpha value is -4.34. The van der Waals surface area contributed by atoms with E-state index in [2.05, 4.69) is 0 Å². The lowest BCUT2D eigenvalue weighted by atomic mass is 9.93. The molecule has 0 unspecified atom stereocenters. The third-order valence-electron chi connectivity index (χ3n) is 6.06. The summed E-state index contributed by atoms with van der Waals surface area (Å²) in [4.78, 5) is 83.8. The second kappa shape index (κ2) is 16.7. The highest BCUT2D eigenvalue weighted by molar-refractivity contribution is 5.69. The number of hydrogen-bond acceptors (Lipinski definition) is 18. The Morgan fingerprint density at radius 2 is 0.889 bits per heavy atom. The van der Waals surface area contributed by atoms with E-state index < -0.39 is 116 Å². The second-order valence-electron chi connectivity index (χ2n) is 9.84. The van der Waals surface area contributed by atoms with E-state index in [9.17, 15) is 38.8 Å². The molecule has 45 heavy (non-hydrogen) atoms. The van der Waals surface area contributed by atoms with Gasteiger partial charge < -0.3 is 47.4 Å². The van der Waals surface area contributed by atoms with Gasteiger partial charge in [-0.05, 0) is 0 Å². The fraction of sp³-hybridized carbons (Fsp3) is 0.704. The molecule has 2 aliphatic rings. The summed E-state index contributed by atoms with van der Waals surface area (Å²) >= 11 is 0. The maximum absolute atomic E-state index is 12.2. The van der Waals surface area contributed by atoms with Gasteiger partial charge in [-0.25, -0.2) is 0 Å². The van der Waals surface area contributed by atoms with Crippen LogP contribution in [0.5, 0.6) is 0 Å². The van der Waals surface area contributed by atoms with Gasteiger partial charge in [-0.3, -0.25) is 33.6 Å². The first-order valence-electron chi connectivity index (χ1n) is 13.5. The predicted molar refractivity (Wildman–Crippen MR) is 139 cm³/mol. The van der Waals surface area contributed by atoms with Crippen molar-refractivity contribution in [2.75, 3.05) is 13.2 Å². The Bertz CT molecular complexity index is 1180. The van der Waals surface area contributed by atoms with Crippen molar-refractivity contribution >= 4 is 41.8 Å². The van der Waals surface area contributed by atoms with Crippen molar-refractivity contribution < 1.29 is 80.9 Å². The molecule has 2 heterocycles. The van der Waals surface area contributed by atoms with E-state index in [1.54, 1.807) is 6.07 Å². The molecule has 0 aromatic rings. The van der Waals surface area contributed by atoms with Crippen LogP contribution < -0.4 is 0 Å². The van der Waals surface area contributed by atoms with Crippen molar-refractivity contribution in [3.63, 3.8) is 0 Å². The van der Waals surface area contributed by atoms with Crippen molar-refractivity contribution in [1.29, 1.82) is 5.26 Å². The van der Waals surface area contributed by atoms with Gasteiger partial charge in [0.2, 0.25) is 0 Å². The minimum Gasteiger partial charge on any atom is -0.463 e. The molecule has 0 N–H and O–H groups in total. The van der Waals surface area contributed by atoms with Crippen molar-refractivity contribution in [2.24, 2.45) is 0 Å². The molecule has 0 amide bonds. The van der Waals surface area contributed by atoms with Gasteiger partial charge >= 0.3 is 41.8 Å². The fourth-order valence-corrected chi connectivity index (χ4v) is 4.62. The monoisotopic (exact) mass is 645 g/mol. The van der Waals surface area contributed by atoms with Crippen LogP contribution in [0.4, 0.5) is 0 Å². The highest BCUT2D eigenvalue weighted by Gasteiger charge is 2.57. The van der Waals surface area contributed by atoms with Crippen LogP contribution in [0, 0.1) is 11.3 Å². The molecule has 0 saturated carbocycles. The van der Waals surface area contributed by atoms with Gasteiger partial charge in [0.25, 0.3) is 0 Å². The lowest BCUT2D eigenvalue weighted by Gasteiger charge is -2.48. The van der Waals surface area contributed by atoms with E-state index >= 15 is 0 Å². The van der Waals surface area contributed by atoms with Crippen LogP contribution in [0.1, 0.15) is 48.5 Å². The zero-order valence-corrected chi connectivity index (χ0v) is 25.6. The Labute approximate surface area is 257 Å². The molecule has 0 aromatic carbocycles. The van der Waals surface area contributed by atoms with Gasteiger partial charge in [0.1, 0.15) is 31.5 Å². The van der Waals surface area contributed by atoms with Gasteiger partial charge in [0, 0.05) is 48.5 Å². The summed E-state index contributed by atoms with van der Waals surface area (Å²) < 4.78 is 54.7. The van der Waals surface area contributed by atoms with Crippen LogP contribution in [-0.2, 0) is 80.9 Å². The molecule has 10 atom stereocenters. The highest BCUT2D eigenvalue weighted by Crippen LogP contribution is 2.35. The number of esters is 7. The molecular formula is C27H35NO17. The topological polar surface area (TPSA) is 236 Å². The van der Waals surface area contributed by atoms with E-state index in [1.165, 1.54) is 0 Å². The number of rotatable bonds is 11. The fourth-order valence-electron chi connectivity index (χ4n) is 4.62. The van der Waals surface area contributed by atoms with Crippen LogP contribution in [0.25, 0.3) is 0 Å². The SMILES string of the molecule is CC(=O)OC[C@H]1O[C@@H](C#N)[C@H](OC(C)=O)[C@@H](OC(C)=O)[C@@H]1O[C@@H]1O[C@H](COC(C)=O)[C@@H](OC(C)=O)[C@H](OC(C)=O)[C@H]1OC(C)=O. The second-order valence-corrected chi connectivity index (χ2v) is 9.84. The van der Waals surface area contributed by atoms with Crippen molar-refractivity contribution in [3.8, 4) is 6.07 Å². The summed E-state index contributed by atoms with van der Waals surface area (Å²) in [5.41, 5.74) is 0. The lowest BCUT2D eigenvalue weighted by molar-refractivity contribution is -0.342. The minimum absolute atomic E-state index is 0.574. The highest BCUT2D eigenvalue weighted by atomic mass is 16.8. The van der Waals surface area contributed by atoms with Crippen LogP contribution in [0.2, 0.25) is 0 Å². The summed E-state index contributed by atoms with van der Waals surface area (Å²) in [5, 5.41) is 9.76. The Morgan fingerprint density at radius 3 is 1.31 bits per heavy atom. The molecule has 2 aliphatic heterocycles. The maximum Gasteiger partial charge on any atom is 0.303 e. The average molecular weight is 646 g/mol.